The first-order chi connectivity index (χ1) is 9.64. The van der Waals surface area contributed by atoms with Gasteiger partial charge in [-0.3, -0.25) is 9.59 Å². The van der Waals surface area contributed by atoms with Crippen molar-refractivity contribution in [1.29, 1.82) is 0 Å². The smallest absolute Gasteiger partial charge is 0.309 e. The van der Waals surface area contributed by atoms with E-state index in [1.54, 1.807) is 20.8 Å². The number of benzene rings is 1. The fourth-order valence-corrected chi connectivity index (χ4v) is 3.15. The normalized spacial score (nSPS) is 22.7. The van der Waals surface area contributed by atoms with Crippen LogP contribution in [0.1, 0.15) is 38.8 Å². The number of carboxylic acids is 1. The van der Waals surface area contributed by atoms with Crippen LogP contribution in [0, 0.1) is 11.7 Å². The van der Waals surface area contributed by atoms with Crippen LogP contribution in [0.15, 0.2) is 18.2 Å². The molecule has 2 rings (SSSR count). The van der Waals surface area contributed by atoms with Gasteiger partial charge in [-0.05, 0) is 32.9 Å². The molecule has 0 aliphatic carbocycles. The lowest BCUT2D eigenvalue weighted by Gasteiger charge is -2.38. The molecule has 1 aliphatic rings. The largest absolute Gasteiger partial charge is 0.481 e. The minimum atomic E-state index is -1.13. The Kier molecular flexibility index (Phi) is 3.97. The number of halogens is 2. The highest BCUT2D eigenvalue weighted by molar-refractivity contribution is 6.31. The Balaban J connectivity index is 2.63. The van der Waals surface area contributed by atoms with E-state index in [0.717, 1.165) is 0 Å². The van der Waals surface area contributed by atoms with Crippen LogP contribution in [-0.2, 0) is 9.59 Å². The first-order valence-electron chi connectivity index (χ1n) is 6.63. The van der Waals surface area contributed by atoms with Gasteiger partial charge in [-0.15, -0.1) is 0 Å². The molecule has 1 aromatic carbocycles. The lowest BCUT2D eigenvalue weighted by molar-refractivity contribution is -0.143. The number of carbonyl (C=O) groups is 2. The molecule has 0 spiro atoms. The van der Waals surface area contributed by atoms with Crippen molar-refractivity contribution in [2.75, 3.05) is 0 Å². The maximum absolute atomic E-state index is 14.2. The summed E-state index contributed by atoms with van der Waals surface area (Å²) in [6.07, 6.45) is -0.151. The highest BCUT2D eigenvalue weighted by Gasteiger charge is 2.50. The van der Waals surface area contributed by atoms with Crippen molar-refractivity contribution in [1.82, 2.24) is 4.90 Å². The maximum Gasteiger partial charge on any atom is 0.309 e. The molecule has 1 heterocycles. The number of nitrogens with zero attached hydrogens (tertiary/aromatic N) is 1. The first kappa shape index (κ1) is 15.8. The summed E-state index contributed by atoms with van der Waals surface area (Å²) in [5.74, 6) is -3.03. The Hall–Kier alpha value is -1.62. The highest BCUT2D eigenvalue weighted by Crippen LogP contribution is 2.45. The SMILES string of the molecule is CC(C)(C)N1C(=O)CC(C(=O)O)C1c1c(F)cccc1Cl. The summed E-state index contributed by atoms with van der Waals surface area (Å²) < 4.78 is 14.2. The zero-order chi connectivity index (χ0) is 15.9. The Morgan fingerprint density at radius 2 is 2.05 bits per heavy atom. The van der Waals surface area contributed by atoms with Crippen LogP contribution < -0.4 is 0 Å². The third kappa shape index (κ3) is 2.75. The molecule has 2 atom stereocenters. The third-order valence-corrected chi connectivity index (χ3v) is 3.99. The van der Waals surface area contributed by atoms with Gasteiger partial charge in [-0.2, -0.15) is 0 Å². The van der Waals surface area contributed by atoms with Gasteiger partial charge in [0.2, 0.25) is 5.91 Å². The van der Waals surface area contributed by atoms with Gasteiger partial charge in [0.25, 0.3) is 0 Å². The van der Waals surface area contributed by atoms with Crippen molar-refractivity contribution in [2.24, 2.45) is 5.92 Å². The van der Waals surface area contributed by atoms with Crippen LogP contribution >= 0.6 is 11.6 Å². The fraction of sp³-hybridized carbons (Fsp3) is 0.467. The molecular formula is C15H17ClFNO3. The lowest BCUT2D eigenvalue weighted by atomic mass is 9.91. The average molecular weight is 314 g/mol. The van der Waals surface area contributed by atoms with Gasteiger partial charge in [0.15, 0.2) is 0 Å². The van der Waals surface area contributed by atoms with Crippen molar-refractivity contribution in [3.05, 3.63) is 34.6 Å². The number of aliphatic carboxylic acids is 1. The predicted octanol–water partition coefficient (Wildman–Crippen LogP) is 3.25. The first-order valence-corrected chi connectivity index (χ1v) is 7.01. The van der Waals surface area contributed by atoms with Crippen LogP contribution in [0.25, 0.3) is 0 Å². The van der Waals surface area contributed by atoms with Crippen LogP contribution in [0.4, 0.5) is 4.39 Å². The van der Waals surface area contributed by atoms with Crippen LogP contribution in [-0.4, -0.2) is 27.4 Å². The van der Waals surface area contributed by atoms with E-state index < -0.39 is 29.3 Å². The van der Waals surface area contributed by atoms with E-state index >= 15 is 0 Å². The number of hydrogen-bond acceptors (Lipinski definition) is 2. The van der Waals surface area contributed by atoms with Crippen molar-refractivity contribution in [3.63, 3.8) is 0 Å². The van der Waals surface area contributed by atoms with Crippen molar-refractivity contribution >= 4 is 23.5 Å². The van der Waals surface area contributed by atoms with E-state index in [4.69, 9.17) is 11.6 Å². The van der Waals surface area contributed by atoms with Gasteiger partial charge < -0.3 is 10.0 Å². The molecule has 0 bridgehead atoms. The zero-order valence-corrected chi connectivity index (χ0v) is 12.8. The minimum Gasteiger partial charge on any atom is -0.481 e. The maximum atomic E-state index is 14.2. The van der Waals surface area contributed by atoms with Gasteiger partial charge >= 0.3 is 5.97 Å². The highest BCUT2D eigenvalue weighted by atomic mass is 35.5. The number of carboxylic acid groups (broad SMARTS) is 1. The Bertz CT molecular complexity index is 577. The third-order valence-electron chi connectivity index (χ3n) is 3.66. The zero-order valence-electron chi connectivity index (χ0n) is 12.1. The second-order valence-corrected chi connectivity index (χ2v) is 6.57. The molecule has 1 aliphatic heterocycles. The number of amides is 1. The summed E-state index contributed by atoms with van der Waals surface area (Å²) >= 11 is 6.07. The summed E-state index contributed by atoms with van der Waals surface area (Å²) in [7, 11) is 0. The molecule has 1 aromatic rings. The molecule has 21 heavy (non-hydrogen) atoms. The summed E-state index contributed by atoms with van der Waals surface area (Å²) in [5.41, 5.74) is -0.551. The van der Waals surface area contributed by atoms with Crippen LogP contribution in [0.5, 0.6) is 0 Å². The molecule has 0 saturated carbocycles. The van der Waals surface area contributed by atoms with Crippen molar-refractivity contribution < 1.29 is 19.1 Å². The summed E-state index contributed by atoms with van der Waals surface area (Å²) in [5, 5.41) is 9.52. The Labute approximate surface area is 127 Å². The van der Waals surface area contributed by atoms with E-state index in [0.29, 0.717) is 0 Å². The summed E-state index contributed by atoms with van der Waals surface area (Å²) in [6, 6.07) is 3.28. The number of carbonyl (C=O) groups excluding carboxylic acids is 1. The molecule has 0 aromatic heterocycles. The number of rotatable bonds is 2. The van der Waals surface area contributed by atoms with E-state index in [-0.39, 0.29) is 22.9 Å². The van der Waals surface area contributed by atoms with E-state index in [1.165, 1.54) is 23.1 Å². The van der Waals surface area contributed by atoms with Gasteiger partial charge in [0.1, 0.15) is 5.82 Å². The quantitative estimate of drug-likeness (QED) is 0.911. The molecule has 1 fully saturated rings. The lowest BCUT2D eigenvalue weighted by Crippen LogP contribution is -2.45. The predicted molar refractivity (Wildman–Crippen MR) is 76.5 cm³/mol. The fourth-order valence-electron chi connectivity index (χ4n) is 2.87. The molecule has 1 N–H and O–H groups in total. The second kappa shape index (κ2) is 5.30. The van der Waals surface area contributed by atoms with E-state index in [2.05, 4.69) is 0 Å². The molecule has 1 saturated heterocycles. The molecular weight excluding hydrogens is 297 g/mol. The van der Waals surface area contributed by atoms with Crippen LogP contribution in [0.2, 0.25) is 5.02 Å². The van der Waals surface area contributed by atoms with E-state index in [1.807, 2.05) is 0 Å². The number of hydrogen-bond donors (Lipinski definition) is 1. The average Bonchev–Trinajstić information content (AvgIpc) is 2.66. The topological polar surface area (TPSA) is 57.6 Å². The molecule has 4 nitrogen and oxygen atoms in total. The standard InChI is InChI=1S/C15H17ClFNO3/c1-15(2,3)18-11(19)7-8(14(20)21)13(18)12-9(16)5-4-6-10(12)17/h4-6,8,13H,7H2,1-3H3,(H,20,21). The summed E-state index contributed by atoms with van der Waals surface area (Å²) in [6.45, 7) is 5.37. The van der Waals surface area contributed by atoms with Gasteiger partial charge in [0.05, 0.1) is 12.0 Å². The molecule has 1 amide bonds. The molecule has 6 heteroatoms. The second-order valence-electron chi connectivity index (χ2n) is 6.16. The van der Waals surface area contributed by atoms with Crippen molar-refractivity contribution in [3.8, 4) is 0 Å². The summed E-state index contributed by atoms with van der Waals surface area (Å²) in [4.78, 5) is 25.1. The van der Waals surface area contributed by atoms with Gasteiger partial charge in [0, 0.05) is 22.5 Å². The Morgan fingerprint density at radius 1 is 1.43 bits per heavy atom. The van der Waals surface area contributed by atoms with Crippen molar-refractivity contribution in [2.45, 2.75) is 38.8 Å². The molecule has 114 valence electrons. The van der Waals surface area contributed by atoms with Crippen LogP contribution in [0.3, 0.4) is 0 Å². The van der Waals surface area contributed by atoms with Gasteiger partial charge in [-0.1, -0.05) is 17.7 Å². The molecule has 2 unspecified atom stereocenters. The van der Waals surface area contributed by atoms with E-state index in [9.17, 15) is 19.1 Å². The van der Waals surface area contributed by atoms with Gasteiger partial charge in [-0.25, -0.2) is 4.39 Å². The minimum absolute atomic E-state index is 0.0762. The number of likely N-dealkylation sites (tertiary alicyclic amines) is 1. The molecule has 0 radical (unpaired) electrons. The Morgan fingerprint density at radius 3 is 2.52 bits per heavy atom. The monoisotopic (exact) mass is 313 g/mol.